The Labute approximate surface area is 198 Å². The molecule has 5 aromatic rings. The number of anilines is 1. The number of thiazole rings is 1. The highest BCUT2D eigenvalue weighted by Crippen LogP contribution is 2.32. The zero-order chi connectivity index (χ0) is 22.9. The summed E-state index contributed by atoms with van der Waals surface area (Å²) in [6, 6.07) is 17.7. The van der Waals surface area contributed by atoms with Crippen LogP contribution in [0.2, 0.25) is 0 Å². The van der Waals surface area contributed by atoms with Crippen LogP contribution in [-0.2, 0) is 0 Å². The number of carbonyl (C=O) groups is 1. The molecule has 0 aliphatic rings. The fourth-order valence-electron chi connectivity index (χ4n) is 3.21. The van der Waals surface area contributed by atoms with Gasteiger partial charge in [0.1, 0.15) is 17.7 Å². The van der Waals surface area contributed by atoms with Gasteiger partial charge in [-0.05, 0) is 48.5 Å². The SMILES string of the molecule is O=C(c1cccc(F)c1)N(/N=C/c1coc2ccccc2c1=O)c1nc2ccc(Br)cc2s1. The Kier molecular flexibility index (Phi) is 5.57. The molecule has 0 aliphatic carbocycles. The number of halogens is 2. The smallest absolute Gasteiger partial charge is 0.280 e. The molecule has 6 nitrogen and oxygen atoms in total. The molecule has 162 valence electrons. The van der Waals surface area contributed by atoms with Crippen molar-refractivity contribution in [1.29, 1.82) is 0 Å². The van der Waals surface area contributed by atoms with E-state index in [2.05, 4.69) is 26.0 Å². The van der Waals surface area contributed by atoms with E-state index in [-0.39, 0.29) is 21.7 Å². The Hall–Kier alpha value is -3.69. The van der Waals surface area contributed by atoms with Crippen LogP contribution in [0.15, 0.2) is 91.8 Å². The minimum Gasteiger partial charge on any atom is -0.463 e. The van der Waals surface area contributed by atoms with Crippen molar-refractivity contribution in [2.24, 2.45) is 5.10 Å². The Bertz CT molecular complexity index is 1610. The molecule has 0 unspecified atom stereocenters. The van der Waals surface area contributed by atoms with Gasteiger partial charge in [0.05, 0.1) is 27.4 Å². The molecule has 33 heavy (non-hydrogen) atoms. The zero-order valence-electron chi connectivity index (χ0n) is 16.7. The summed E-state index contributed by atoms with van der Waals surface area (Å²) in [4.78, 5) is 30.6. The van der Waals surface area contributed by atoms with Gasteiger partial charge in [-0.15, -0.1) is 0 Å². The second-order valence-electron chi connectivity index (χ2n) is 7.00. The molecule has 0 bridgehead atoms. The number of nitrogens with zero attached hydrogens (tertiary/aromatic N) is 3. The minimum atomic E-state index is -0.589. The summed E-state index contributed by atoms with van der Waals surface area (Å²) in [5.41, 5.74) is 1.10. The first-order valence-electron chi connectivity index (χ1n) is 9.70. The molecular formula is C24H13BrFN3O3S. The molecule has 0 saturated carbocycles. The molecule has 0 atom stereocenters. The second-order valence-corrected chi connectivity index (χ2v) is 8.92. The maximum absolute atomic E-state index is 13.8. The van der Waals surface area contributed by atoms with Gasteiger partial charge in [0.15, 0.2) is 0 Å². The van der Waals surface area contributed by atoms with E-state index in [0.717, 1.165) is 20.2 Å². The Morgan fingerprint density at radius 2 is 1.97 bits per heavy atom. The van der Waals surface area contributed by atoms with Crippen molar-refractivity contribution >= 4 is 65.7 Å². The first kappa shape index (κ1) is 21.2. The average molecular weight is 522 g/mol. The van der Waals surface area contributed by atoms with E-state index < -0.39 is 11.7 Å². The summed E-state index contributed by atoms with van der Waals surface area (Å²) in [5.74, 6) is -1.14. The molecular weight excluding hydrogens is 509 g/mol. The van der Waals surface area contributed by atoms with E-state index in [1.165, 1.54) is 42.0 Å². The quantitative estimate of drug-likeness (QED) is 0.215. The number of fused-ring (bicyclic) bond motifs is 2. The summed E-state index contributed by atoms with van der Waals surface area (Å²) in [6.07, 6.45) is 2.53. The lowest BCUT2D eigenvalue weighted by Crippen LogP contribution is -2.26. The predicted molar refractivity (Wildman–Crippen MR) is 131 cm³/mol. The number of aromatic nitrogens is 1. The second kappa shape index (κ2) is 8.68. The van der Waals surface area contributed by atoms with E-state index in [0.29, 0.717) is 16.5 Å². The average Bonchev–Trinajstić information content (AvgIpc) is 3.23. The van der Waals surface area contributed by atoms with Crippen LogP contribution in [-0.4, -0.2) is 17.1 Å². The first-order valence-corrected chi connectivity index (χ1v) is 11.3. The Balaban J connectivity index is 1.61. The van der Waals surface area contributed by atoms with Crippen molar-refractivity contribution in [2.45, 2.75) is 0 Å². The Morgan fingerprint density at radius 3 is 2.82 bits per heavy atom. The molecule has 0 spiro atoms. The Morgan fingerprint density at radius 1 is 1.12 bits per heavy atom. The predicted octanol–water partition coefficient (Wildman–Crippen LogP) is 5.99. The van der Waals surface area contributed by atoms with Gasteiger partial charge < -0.3 is 4.42 Å². The van der Waals surface area contributed by atoms with E-state index in [4.69, 9.17) is 4.42 Å². The van der Waals surface area contributed by atoms with Crippen LogP contribution in [0.3, 0.4) is 0 Å². The maximum Gasteiger partial charge on any atom is 0.280 e. The molecule has 9 heteroatoms. The number of benzene rings is 3. The number of rotatable bonds is 4. The zero-order valence-corrected chi connectivity index (χ0v) is 19.1. The summed E-state index contributed by atoms with van der Waals surface area (Å²) < 4.78 is 21.0. The molecule has 0 radical (unpaired) electrons. The molecule has 1 amide bonds. The van der Waals surface area contributed by atoms with E-state index in [1.807, 2.05) is 18.2 Å². The number of para-hydroxylation sites is 1. The van der Waals surface area contributed by atoms with Gasteiger partial charge in [0, 0.05) is 10.0 Å². The molecule has 0 saturated heterocycles. The third kappa shape index (κ3) is 4.20. The van der Waals surface area contributed by atoms with Gasteiger partial charge in [0.2, 0.25) is 10.6 Å². The van der Waals surface area contributed by atoms with E-state index >= 15 is 0 Å². The minimum absolute atomic E-state index is 0.0955. The van der Waals surface area contributed by atoms with Gasteiger partial charge in [-0.1, -0.05) is 45.5 Å². The number of amides is 1. The lowest BCUT2D eigenvalue weighted by molar-refractivity contribution is 0.0987. The van der Waals surface area contributed by atoms with Gasteiger partial charge in [-0.25, -0.2) is 9.37 Å². The largest absolute Gasteiger partial charge is 0.463 e. The van der Waals surface area contributed by atoms with Crippen molar-refractivity contribution < 1.29 is 13.6 Å². The molecule has 0 fully saturated rings. The molecule has 0 aliphatic heterocycles. The van der Waals surface area contributed by atoms with Crippen LogP contribution in [0.4, 0.5) is 9.52 Å². The summed E-state index contributed by atoms with van der Waals surface area (Å²) >= 11 is 4.67. The molecule has 3 aromatic carbocycles. The van der Waals surface area contributed by atoms with Crippen molar-refractivity contribution in [3.8, 4) is 0 Å². The number of hydrogen-bond donors (Lipinski definition) is 0. The highest BCUT2D eigenvalue weighted by molar-refractivity contribution is 9.10. The fraction of sp³-hybridized carbons (Fsp3) is 0. The molecule has 5 rings (SSSR count). The lowest BCUT2D eigenvalue weighted by atomic mass is 10.2. The normalized spacial score (nSPS) is 11.5. The van der Waals surface area contributed by atoms with Crippen molar-refractivity contribution in [3.05, 3.63) is 105 Å². The standard InChI is InChI=1S/C24H13BrFN3O3S/c25-16-8-9-19-21(11-16)33-24(28-19)29(23(31)14-4-3-5-17(26)10-14)27-12-15-13-32-20-7-2-1-6-18(20)22(15)30/h1-13H/b27-12+. The third-order valence-electron chi connectivity index (χ3n) is 4.80. The topological polar surface area (TPSA) is 75.8 Å². The van der Waals surface area contributed by atoms with Crippen molar-refractivity contribution in [2.75, 3.05) is 5.01 Å². The monoisotopic (exact) mass is 521 g/mol. The van der Waals surface area contributed by atoms with Crippen LogP contribution in [0.25, 0.3) is 21.2 Å². The van der Waals surface area contributed by atoms with Crippen molar-refractivity contribution in [3.63, 3.8) is 0 Å². The van der Waals surface area contributed by atoms with Crippen LogP contribution in [0.5, 0.6) is 0 Å². The molecule has 2 heterocycles. The fourth-order valence-corrected chi connectivity index (χ4v) is 4.69. The third-order valence-corrected chi connectivity index (χ3v) is 6.29. The highest BCUT2D eigenvalue weighted by atomic mass is 79.9. The van der Waals surface area contributed by atoms with Crippen LogP contribution in [0, 0.1) is 5.82 Å². The van der Waals surface area contributed by atoms with Gasteiger partial charge >= 0.3 is 0 Å². The summed E-state index contributed by atoms with van der Waals surface area (Å²) in [5, 5.41) is 6.00. The van der Waals surface area contributed by atoms with Gasteiger partial charge in [-0.3, -0.25) is 9.59 Å². The van der Waals surface area contributed by atoms with E-state index in [9.17, 15) is 14.0 Å². The highest BCUT2D eigenvalue weighted by Gasteiger charge is 2.22. The van der Waals surface area contributed by atoms with Gasteiger partial charge in [0.25, 0.3) is 5.91 Å². The lowest BCUT2D eigenvalue weighted by Gasteiger charge is -2.13. The van der Waals surface area contributed by atoms with Gasteiger partial charge in [-0.2, -0.15) is 10.1 Å². The summed E-state index contributed by atoms with van der Waals surface area (Å²) in [6.45, 7) is 0. The van der Waals surface area contributed by atoms with E-state index in [1.54, 1.807) is 24.3 Å². The van der Waals surface area contributed by atoms with Crippen LogP contribution >= 0.6 is 27.3 Å². The number of hydrazone groups is 1. The molecule has 2 aromatic heterocycles. The number of carbonyl (C=O) groups excluding carboxylic acids is 1. The van der Waals surface area contributed by atoms with Crippen LogP contribution < -0.4 is 10.4 Å². The van der Waals surface area contributed by atoms with Crippen LogP contribution in [0.1, 0.15) is 15.9 Å². The number of hydrogen-bond acceptors (Lipinski definition) is 6. The maximum atomic E-state index is 13.8. The molecule has 0 N–H and O–H groups in total. The van der Waals surface area contributed by atoms with Crippen molar-refractivity contribution in [1.82, 2.24) is 4.98 Å². The first-order chi connectivity index (χ1) is 16.0. The summed E-state index contributed by atoms with van der Waals surface area (Å²) in [7, 11) is 0.